The predicted octanol–water partition coefficient (Wildman–Crippen LogP) is 7.92. The van der Waals surface area contributed by atoms with Gasteiger partial charge in [0.25, 0.3) is 0 Å². The van der Waals surface area contributed by atoms with Crippen molar-refractivity contribution in [2.24, 2.45) is 5.92 Å². The third-order valence-corrected chi connectivity index (χ3v) is 8.08. The molecule has 0 saturated carbocycles. The van der Waals surface area contributed by atoms with E-state index in [1.165, 1.54) is 17.7 Å². The van der Waals surface area contributed by atoms with Crippen LogP contribution in [0, 0.1) is 5.92 Å². The van der Waals surface area contributed by atoms with E-state index in [2.05, 4.69) is 17.0 Å². The maximum absolute atomic E-state index is 13.6. The molecule has 3 nitrogen and oxygen atoms in total. The van der Waals surface area contributed by atoms with E-state index in [9.17, 15) is 27.5 Å². The molecule has 0 radical (unpaired) electrons. The minimum atomic E-state index is -4.45. The zero-order valence-electron chi connectivity index (χ0n) is 22.3. The number of fused-ring (bicyclic) bond motifs is 1. The fraction of sp³-hybridized carbons (Fsp3) is 0.364. The summed E-state index contributed by atoms with van der Waals surface area (Å²) in [4.78, 5) is 14.0. The largest absolute Gasteiger partial charge is 0.478 e. The van der Waals surface area contributed by atoms with Crippen molar-refractivity contribution in [2.75, 3.05) is 26.3 Å². The van der Waals surface area contributed by atoms with Crippen LogP contribution in [-0.4, -0.2) is 42.3 Å². The zero-order valence-corrected chi connectivity index (χ0v) is 22.3. The van der Waals surface area contributed by atoms with E-state index in [-0.39, 0.29) is 12.2 Å². The molecule has 5 rings (SSSR count). The highest BCUT2D eigenvalue weighted by Gasteiger charge is 2.31. The number of allylic oxidation sites excluding steroid dienone is 1. The van der Waals surface area contributed by atoms with E-state index < -0.39 is 17.7 Å². The van der Waals surface area contributed by atoms with Crippen molar-refractivity contribution in [3.8, 4) is 0 Å². The molecule has 1 atom stereocenters. The van der Waals surface area contributed by atoms with Crippen LogP contribution in [0.25, 0.3) is 11.1 Å². The van der Waals surface area contributed by atoms with Crippen LogP contribution < -0.4 is 0 Å². The van der Waals surface area contributed by atoms with Crippen LogP contribution in [0.15, 0.2) is 66.7 Å². The number of halogens is 4. The fourth-order valence-corrected chi connectivity index (χ4v) is 6.13. The summed E-state index contributed by atoms with van der Waals surface area (Å²) in [6, 6.07) is 18.8. The second kappa shape index (κ2) is 12.0. The Morgan fingerprint density at radius 2 is 1.77 bits per heavy atom. The number of carbonyl (C=O) groups is 1. The Morgan fingerprint density at radius 3 is 2.50 bits per heavy atom. The average molecular weight is 552 g/mol. The maximum Gasteiger partial charge on any atom is 0.416 e. The molecule has 1 unspecified atom stereocenters. The molecule has 1 aliphatic carbocycles. The first-order valence-electron chi connectivity index (χ1n) is 13.9. The van der Waals surface area contributed by atoms with Gasteiger partial charge in [0.1, 0.15) is 0 Å². The minimum Gasteiger partial charge on any atom is -0.478 e. The zero-order chi connectivity index (χ0) is 28.3. The van der Waals surface area contributed by atoms with E-state index in [1.54, 1.807) is 24.3 Å². The SMILES string of the molecule is O=C(O)c1ccc2c(c1)CCCC(c1cccc(C(F)(F)F)c1)=C2c1ccc(CC2CCN(CCCF)C2)cc1. The van der Waals surface area contributed by atoms with Crippen molar-refractivity contribution in [2.45, 2.75) is 44.7 Å². The molecular formula is C33H33F4NO2. The van der Waals surface area contributed by atoms with Crippen LogP contribution >= 0.6 is 0 Å². The van der Waals surface area contributed by atoms with Crippen molar-refractivity contribution in [1.29, 1.82) is 0 Å². The number of benzene rings is 3. The Balaban J connectivity index is 1.52. The molecule has 3 aromatic rings. The number of hydrogen-bond donors (Lipinski definition) is 1. The van der Waals surface area contributed by atoms with Crippen LogP contribution in [0.5, 0.6) is 0 Å². The van der Waals surface area contributed by atoms with Crippen molar-refractivity contribution < 1.29 is 27.5 Å². The highest BCUT2D eigenvalue weighted by Crippen LogP contribution is 2.41. The lowest BCUT2D eigenvalue weighted by Crippen LogP contribution is -2.22. The summed E-state index contributed by atoms with van der Waals surface area (Å²) in [6.07, 6.45) is 0.0408. The van der Waals surface area contributed by atoms with E-state index in [1.807, 2.05) is 12.1 Å². The first-order valence-corrected chi connectivity index (χ1v) is 13.9. The molecule has 0 spiro atoms. The van der Waals surface area contributed by atoms with Crippen LogP contribution in [-0.2, 0) is 19.0 Å². The lowest BCUT2D eigenvalue weighted by atomic mass is 9.86. The van der Waals surface area contributed by atoms with Gasteiger partial charge in [0, 0.05) is 13.1 Å². The number of hydrogen-bond acceptors (Lipinski definition) is 2. The molecule has 2 aliphatic rings. The molecule has 210 valence electrons. The Morgan fingerprint density at radius 1 is 0.975 bits per heavy atom. The molecule has 0 bridgehead atoms. The summed E-state index contributed by atoms with van der Waals surface area (Å²) >= 11 is 0. The van der Waals surface area contributed by atoms with Gasteiger partial charge in [-0.3, -0.25) is 4.39 Å². The number of likely N-dealkylation sites (tertiary alicyclic amines) is 1. The molecule has 1 fully saturated rings. The van der Waals surface area contributed by atoms with Crippen molar-refractivity contribution in [3.05, 3.63) is 106 Å². The summed E-state index contributed by atoms with van der Waals surface area (Å²) in [7, 11) is 0. The molecule has 0 aromatic heterocycles. The molecule has 0 amide bonds. The van der Waals surface area contributed by atoms with Gasteiger partial charge in [0.05, 0.1) is 17.8 Å². The standard InChI is InChI=1S/C33H33F4NO2/c34-15-3-16-38-17-14-23(21-38)18-22-8-10-24(11-9-22)31-29(26-4-1-6-28(20-26)33(35,36)37)7-2-5-25-19-27(32(39)40)12-13-30(25)31/h1,4,6,8-13,19-20,23H,2-3,5,7,14-18,21H2,(H,39,40). The number of aryl methyl sites for hydroxylation is 1. The van der Waals surface area contributed by atoms with E-state index in [0.29, 0.717) is 37.2 Å². The number of carboxylic acid groups (broad SMARTS) is 1. The summed E-state index contributed by atoms with van der Waals surface area (Å²) in [6.45, 7) is 2.46. The van der Waals surface area contributed by atoms with E-state index >= 15 is 0 Å². The van der Waals surface area contributed by atoms with Crippen LogP contribution in [0.1, 0.15) is 69.4 Å². The summed E-state index contributed by atoms with van der Waals surface area (Å²) in [5, 5.41) is 9.54. The fourth-order valence-electron chi connectivity index (χ4n) is 6.13. The summed E-state index contributed by atoms with van der Waals surface area (Å²) in [5.74, 6) is -0.492. The van der Waals surface area contributed by atoms with Crippen LogP contribution in [0.2, 0.25) is 0 Å². The van der Waals surface area contributed by atoms with Gasteiger partial charge >= 0.3 is 12.1 Å². The van der Waals surface area contributed by atoms with Crippen LogP contribution in [0.4, 0.5) is 17.6 Å². The van der Waals surface area contributed by atoms with E-state index in [0.717, 1.165) is 66.4 Å². The van der Waals surface area contributed by atoms with Crippen molar-refractivity contribution >= 4 is 17.1 Å². The van der Waals surface area contributed by atoms with Crippen LogP contribution in [0.3, 0.4) is 0 Å². The molecular weight excluding hydrogens is 518 g/mol. The van der Waals surface area contributed by atoms with Gasteiger partial charge in [-0.2, -0.15) is 13.2 Å². The highest BCUT2D eigenvalue weighted by atomic mass is 19.4. The topological polar surface area (TPSA) is 40.5 Å². The Labute approximate surface area is 232 Å². The van der Waals surface area contributed by atoms with Gasteiger partial charge < -0.3 is 10.0 Å². The Bertz CT molecular complexity index is 1390. The lowest BCUT2D eigenvalue weighted by Gasteiger charge is -2.19. The highest BCUT2D eigenvalue weighted by molar-refractivity contribution is 6.00. The first kappa shape index (κ1) is 28.1. The monoisotopic (exact) mass is 551 g/mol. The second-order valence-electron chi connectivity index (χ2n) is 10.9. The number of carboxylic acids is 1. The number of aromatic carboxylic acids is 1. The van der Waals surface area contributed by atoms with Gasteiger partial charge in [-0.1, -0.05) is 42.5 Å². The normalized spacial score (nSPS) is 18.1. The molecule has 7 heteroatoms. The van der Waals surface area contributed by atoms with Gasteiger partial charge in [-0.15, -0.1) is 0 Å². The van der Waals surface area contributed by atoms with Gasteiger partial charge in [0.15, 0.2) is 0 Å². The van der Waals surface area contributed by atoms with E-state index in [4.69, 9.17) is 0 Å². The van der Waals surface area contributed by atoms with Crippen molar-refractivity contribution in [1.82, 2.24) is 4.90 Å². The summed E-state index contributed by atoms with van der Waals surface area (Å²) in [5.41, 5.74) is 5.58. The molecule has 3 aromatic carbocycles. The molecule has 1 aliphatic heterocycles. The third kappa shape index (κ3) is 6.30. The molecule has 40 heavy (non-hydrogen) atoms. The Hall–Kier alpha value is -3.45. The molecule has 1 saturated heterocycles. The smallest absolute Gasteiger partial charge is 0.416 e. The molecule has 1 N–H and O–H groups in total. The second-order valence-corrected chi connectivity index (χ2v) is 10.9. The first-order chi connectivity index (χ1) is 19.2. The maximum atomic E-state index is 13.6. The number of nitrogens with zero attached hydrogens (tertiary/aromatic N) is 1. The average Bonchev–Trinajstić information content (AvgIpc) is 3.29. The van der Waals surface area contributed by atoms with Gasteiger partial charge in [0.2, 0.25) is 0 Å². The quantitative estimate of drug-likeness (QED) is 0.289. The Kier molecular flexibility index (Phi) is 8.40. The summed E-state index contributed by atoms with van der Waals surface area (Å²) < 4.78 is 53.4. The van der Waals surface area contributed by atoms with Gasteiger partial charge in [-0.25, -0.2) is 4.79 Å². The van der Waals surface area contributed by atoms with Gasteiger partial charge in [-0.05, 0) is 114 Å². The number of alkyl halides is 4. The lowest BCUT2D eigenvalue weighted by molar-refractivity contribution is -0.137. The third-order valence-electron chi connectivity index (χ3n) is 8.08. The van der Waals surface area contributed by atoms with Crippen molar-refractivity contribution in [3.63, 3.8) is 0 Å². The minimum absolute atomic E-state index is 0.202. The predicted molar refractivity (Wildman–Crippen MR) is 149 cm³/mol. The molecule has 1 heterocycles. The number of rotatable bonds is 8.